The Kier molecular flexibility index (Phi) is 5.20. The molecule has 3 saturated carbocycles. The molecule has 0 spiro atoms. The van der Waals surface area contributed by atoms with Crippen LogP contribution in [0.25, 0.3) is 0 Å². The Labute approximate surface area is 146 Å². The van der Waals surface area contributed by atoms with Crippen LogP contribution in [0.1, 0.15) is 105 Å². The molecule has 0 aliphatic heterocycles. The lowest BCUT2D eigenvalue weighted by Gasteiger charge is -2.50. The first kappa shape index (κ1) is 17.8. The molecule has 7 unspecified atom stereocenters. The van der Waals surface area contributed by atoms with Gasteiger partial charge in [-0.3, -0.25) is 0 Å². The van der Waals surface area contributed by atoms with Crippen molar-refractivity contribution in [1.82, 2.24) is 0 Å². The fourth-order valence-corrected chi connectivity index (χ4v) is 7.50. The molecule has 134 valence electrons. The van der Waals surface area contributed by atoms with Crippen LogP contribution in [-0.4, -0.2) is 0 Å². The van der Waals surface area contributed by atoms with Crippen molar-refractivity contribution >= 4 is 0 Å². The van der Waals surface area contributed by atoms with Crippen LogP contribution < -0.4 is 0 Å². The highest BCUT2D eigenvalue weighted by Gasteiger charge is 2.60. The smallest absolute Gasteiger partial charge is 0.0266 e. The van der Waals surface area contributed by atoms with E-state index in [0.29, 0.717) is 10.8 Å². The maximum absolute atomic E-state index is 2.70. The normalized spacial score (nSPS) is 49.2. The monoisotopic (exact) mass is 318 g/mol. The van der Waals surface area contributed by atoms with Crippen LogP contribution in [0.3, 0.4) is 0 Å². The van der Waals surface area contributed by atoms with E-state index >= 15 is 0 Å². The SMILES string of the molecule is CCCCC1CCC2C3CC(C)C(C)(CCCC)C3CCC12C. The van der Waals surface area contributed by atoms with Gasteiger partial charge in [0.05, 0.1) is 0 Å². The molecule has 0 saturated heterocycles. The zero-order chi connectivity index (χ0) is 16.7. The lowest BCUT2D eigenvalue weighted by atomic mass is 9.55. The van der Waals surface area contributed by atoms with Crippen LogP contribution in [0, 0.1) is 40.4 Å². The number of fused-ring (bicyclic) bond motifs is 3. The lowest BCUT2D eigenvalue weighted by Crippen LogP contribution is -2.42. The molecule has 0 aromatic rings. The molecule has 0 aromatic heterocycles. The highest BCUT2D eigenvalue weighted by Crippen LogP contribution is 2.68. The molecule has 3 aliphatic carbocycles. The minimum Gasteiger partial charge on any atom is -0.0654 e. The van der Waals surface area contributed by atoms with E-state index in [1.807, 2.05) is 0 Å². The van der Waals surface area contributed by atoms with E-state index in [-0.39, 0.29) is 0 Å². The Balaban J connectivity index is 1.76. The Hall–Kier alpha value is 0. The zero-order valence-electron chi connectivity index (χ0n) is 16.7. The number of rotatable bonds is 6. The predicted octanol–water partition coefficient (Wildman–Crippen LogP) is 7.47. The maximum Gasteiger partial charge on any atom is -0.0266 e. The first-order chi connectivity index (χ1) is 11.0. The zero-order valence-corrected chi connectivity index (χ0v) is 16.7. The van der Waals surface area contributed by atoms with Crippen LogP contribution in [0.5, 0.6) is 0 Å². The molecule has 0 bridgehead atoms. The molecule has 0 aromatic carbocycles. The third-order valence-corrected chi connectivity index (χ3v) is 9.21. The molecule has 23 heavy (non-hydrogen) atoms. The van der Waals surface area contributed by atoms with Gasteiger partial charge in [-0.15, -0.1) is 0 Å². The van der Waals surface area contributed by atoms with Crippen molar-refractivity contribution in [2.45, 2.75) is 105 Å². The summed E-state index contributed by atoms with van der Waals surface area (Å²) in [5.41, 5.74) is 1.36. The van der Waals surface area contributed by atoms with E-state index in [0.717, 1.165) is 29.6 Å². The minimum absolute atomic E-state index is 0.656. The third-order valence-electron chi connectivity index (χ3n) is 9.21. The summed E-state index contributed by atoms with van der Waals surface area (Å²) < 4.78 is 0. The fraction of sp³-hybridized carbons (Fsp3) is 1.00. The molecule has 0 nitrogen and oxygen atoms in total. The molecule has 0 heteroatoms. The van der Waals surface area contributed by atoms with E-state index < -0.39 is 0 Å². The number of hydrogen-bond donors (Lipinski definition) is 0. The molecule has 3 rings (SSSR count). The Bertz CT molecular complexity index is 399. The molecule has 0 N–H and O–H groups in total. The largest absolute Gasteiger partial charge is 0.0654 e. The quantitative estimate of drug-likeness (QED) is 0.476. The van der Waals surface area contributed by atoms with Crippen molar-refractivity contribution in [2.24, 2.45) is 40.4 Å². The van der Waals surface area contributed by atoms with Crippen molar-refractivity contribution in [2.75, 3.05) is 0 Å². The molecule has 0 amide bonds. The first-order valence-electron chi connectivity index (χ1n) is 11.0. The summed E-state index contributed by atoms with van der Waals surface area (Å²) in [5, 5.41) is 0. The first-order valence-corrected chi connectivity index (χ1v) is 11.0. The van der Waals surface area contributed by atoms with Gasteiger partial charge in [0.1, 0.15) is 0 Å². The van der Waals surface area contributed by atoms with Gasteiger partial charge in [0.25, 0.3) is 0 Å². The molecule has 0 radical (unpaired) electrons. The van der Waals surface area contributed by atoms with E-state index in [1.165, 1.54) is 38.5 Å². The lowest BCUT2D eigenvalue weighted by molar-refractivity contribution is -0.0102. The van der Waals surface area contributed by atoms with E-state index in [2.05, 4.69) is 34.6 Å². The van der Waals surface area contributed by atoms with Gasteiger partial charge in [-0.1, -0.05) is 60.3 Å². The number of hydrogen-bond acceptors (Lipinski definition) is 0. The van der Waals surface area contributed by atoms with Crippen molar-refractivity contribution < 1.29 is 0 Å². The highest BCUT2D eigenvalue weighted by molar-refractivity contribution is 5.09. The summed E-state index contributed by atoms with van der Waals surface area (Å²) in [6.45, 7) is 12.7. The van der Waals surface area contributed by atoms with E-state index in [4.69, 9.17) is 0 Å². The van der Waals surface area contributed by atoms with Crippen LogP contribution in [0.4, 0.5) is 0 Å². The summed E-state index contributed by atoms with van der Waals surface area (Å²) in [6.07, 6.45) is 16.4. The average molecular weight is 319 g/mol. The summed E-state index contributed by atoms with van der Waals surface area (Å²) in [4.78, 5) is 0. The van der Waals surface area contributed by atoms with Gasteiger partial charge in [-0.2, -0.15) is 0 Å². The maximum atomic E-state index is 2.70. The standard InChI is InChI=1S/C23H42/c1-6-8-10-18-11-12-20-19-16-17(3)22(4,14-9-7-2)21(19)13-15-23(18,20)5/h17-21H,6-16H2,1-5H3. The minimum atomic E-state index is 0.656. The summed E-state index contributed by atoms with van der Waals surface area (Å²) >= 11 is 0. The predicted molar refractivity (Wildman–Crippen MR) is 101 cm³/mol. The summed E-state index contributed by atoms with van der Waals surface area (Å²) in [5.74, 6) is 5.19. The van der Waals surface area contributed by atoms with Crippen LogP contribution in [0.15, 0.2) is 0 Å². The van der Waals surface area contributed by atoms with Crippen molar-refractivity contribution in [3.63, 3.8) is 0 Å². The van der Waals surface area contributed by atoms with E-state index in [1.54, 1.807) is 32.1 Å². The molecular weight excluding hydrogens is 276 g/mol. The Morgan fingerprint density at radius 3 is 2.35 bits per heavy atom. The number of unbranched alkanes of at least 4 members (excludes halogenated alkanes) is 2. The van der Waals surface area contributed by atoms with Crippen molar-refractivity contribution in [3.05, 3.63) is 0 Å². The average Bonchev–Trinajstić information content (AvgIpc) is 2.99. The molecular formula is C23H42. The van der Waals surface area contributed by atoms with Gasteiger partial charge < -0.3 is 0 Å². The topological polar surface area (TPSA) is 0 Å². The summed E-state index contributed by atoms with van der Waals surface area (Å²) in [6, 6.07) is 0. The second-order valence-electron chi connectivity index (χ2n) is 10.1. The van der Waals surface area contributed by atoms with Gasteiger partial charge in [0, 0.05) is 0 Å². The van der Waals surface area contributed by atoms with Crippen molar-refractivity contribution in [3.8, 4) is 0 Å². The van der Waals surface area contributed by atoms with Gasteiger partial charge >= 0.3 is 0 Å². The Morgan fingerprint density at radius 1 is 0.913 bits per heavy atom. The molecule has 0 heterocycles. The van der Waals surface area contributed by atoms with Gasteiger partial charge in [0.15, 0.2) is 0 Å². The van der Waals surface area contributed by atoms with Gasteiger partial charge in [-0.25, -0.2) is 0 Å². The van der Waals surface area contributed by atoms with Crippen molar-refractivity contribution in [1.29, 1.82) is 0 Å². The second kappa shape index (κ2) is 6.72. The second-order valence-corrected chi connectivity index (χ2v) is 10.1. The summed E-state index contributed by atoms with van der Waals surface area (Å²) in [7, 11) is 0. The molecule has 3 fully saturated rings. The van der Waals surface area contributed by atoms with Crippen LogP contribution in [0.2, 0.25) is 0 Å². The third kappa shape index (κ3) is 2.81. The van der Waals surface area contributed by atoms with E-state index in [9.17, 15) is 0 Å². The Morgan fingerprint density at radius 2 is 1.65 bits per heavy atom. The van der Waals surface area contributed by atoms with Gasteiger partial charge in [-0.05, 0) is 85.4 Å². The molecule has 7 atom stereocenters. The van der Waals surface area contributed by atoms with Gasteiger partial charge in [0.2, 0.25) is 0 Å². The van der Waals surface area contributed by atoms with Crippen LogP contribution >= 0.6 is 0 Å². The fourth-order valence-electron chi connectivity index (χ4n) is 7.50. The van der Waals surface area contributed by atoms with Crippen LogP contribution in [-0.2, 0) is 0 Å². The molecule has 3 aliphatic rings. The highest BCUT2D eigenvalue weighted by atomic mass is 14.6.